The van der Waals surface area contributed by atoms with Crippen LogP contribution in [0.5, 0.6) is 0 Å². The molecule has 1 fully saturated rings. The maximum Gasteiger partial charge on any atom is 0.0980 e. The van der Waals surface area contributed by atoms with Gasteiger partial charge in [0.25, 0.3) is 0 Å². The van der Waals surface area contributed by atoms with Crippen molar-refractivity contribution in [2.75, 3.05) is 6.61 Å². The maximum atomic E-state index is 9.23. The molecule has 0 aliphatic carbocycles. The minimum atomic E-state index is -0.482. The van der Waals surface area contributed by atoms with Crippen LogP contribution in [-0.2, 0) is 4.74 Å². The summed E-state index contributed by atoms with van der Waals surface area (Å²) in [5.41, 5.74) is 0. The van der Waals surface area contributed by atoms with Gasteiger partial charge < -0.3 is 9.84 Å². The Morgan fingerprint density at radius 3 is 2.90 bits per heavy atom. The van der Waals surface area contributed by atoms with Crippen molar-refractivity contribution in [2.45, 2.75) is 25.6 Å². The van der Waals surface area contributed by atoms with Crippen molar-refractivity contribution in [3.05, 3.63) is 12.7 Å². The predicted molar refractivity (Wildman–Crippen MR) is 39.7 cm³/mol. The molecule has 58 valence electrons. The molecule has 3 atom stereocenters. The minimum Gasteiger partial charge on any atom is -0.386 e. The molecule has 0 bridgehead atoms. The highest BCUT2D eigenvalue weighted by Gasteiger charge is 2.26. The zero-order valence-corrected chi connectivity index (χ0v) is 6.29. The van der Waals surface area contributed by atoms with Crippen molar-refractivity contribution in [2.24, 2.45) is 5.92 Å². The van der Waals surface area contributed by atoms with E-state index in [1.807, 2.05) is 0 Å². The molecule has 1 rings (SSSR count). The zero-order valence-electron chi connectivity index (χ0n) is 6.29. The SMILES string of the molecule is C=CC(O)C1CC(C)CO1. The lowest BCUT2D eigenvalue weighted by Gasteiger charge is -2.12. The Bertz CT molecular complexity index is 122. The molecule has 2 nitrogen and oxygen atoms in total. The van der Waals surface area contributed by atoms with Crippen LogP contribution in [0.3, 0.4) is 0 Å². The number of ether oxygens (including phenoxy) is 1. The second-order valence-corrected chi connectivity index (χ2v) is 2.94. The number of aliphatic hydroxyl groups excluding tert-OH is 1. The fraction of sp³-hybridized carbons (Fsp3) is 0.750. The minimum absolute atomic E-state index is 0.00694. The lowest BCUT2D eigenvalue weighted by Crippen LogP contribution is -2.22. The predicted octanol–water partition coefficient (Wildman–Crippen LogP) is 0.958. The van der Waals surface area contributed by atoms with E-state index in [4.69, 9.17) is 4.74 Å². The second-order valence-electron chi connectivity index (χ2n) is 2.94. The van der Waals surface area contributed by atoms with Crippen molar-refractivity contribution in [1.82, 2.24) is 0 Å². The summed E-state index contributed by atoms with van der Waals surface area (Å²) in [4.78, 5) is 0. The fourth-order valence-corrected chi connectivity index (χ4v) is 1.21. The summed E-state index contributed by atoms with van der Waals surface area (Å²) in [6, 6.07) is 0. The van der Waals surface area contributed by atoms with Gasteiger partial charge in [0.05, 0.1) is 12.2 Å². The summed E-state index contributed by atoms with van der Waals surface area (Å²) in [5.74, 6) is 0.583. The Kier molecular flexibility index (Phi) is 2.46. The van der Waals surface area contributed by atoms with Crippen LogP contribution < -0.4 is 0 Å². The molecule has 3 unspecified atom stereocenters. The first kappa shape index (κ1) is 7.76. The van der Waals surface area contributed by atoms with Crippen molar-refractivity contribution in [3.8, 4) is 0 Å². The highest BCUT2D eigenvalue weighted by molar-refractivity contribution is 4.88. The van der Waals surface area contributed by atoms with E-state index in [-0.39, 0.29) is 6.10 Å². The van der Waals surface area contributed by atoms with Gasteiger partial charge in [-0.15, -0.1) is 6.58 Å². The van der Waals surface area contributed by atoms with E-state index in [0.29, 0.717) is 5.92 Å². The Hall–Kier alpha value is -0.340. The van der Waals surface area contributed by atoms with E-state index in [1.165, 1.54) is 6.08 Å². The Morgan fingerprint density at radius 1 is 1.80 bits per heavy atom. The van der Waals surface area contributed by atoms with Gasteiger partial charge in [-0.1, -0.05) is 13.0 Å². The smallest absolute Gasteiger partial charge is 0.0980 e. The second kappa shape index (κ2) is 3.17. The molecule has 0 aromatic carbocycles. The van der Waals surface area contributed by atoms with E-state index in [2.05, 4.69) is 13.5 Å². The molecule has 10 heavy (non-hydrogen) atoms. The van der Waals surface area contributed by atoms with Gasteiger partial charge in [0.2, 0.25) is 0 Å². The van der Waals surface area contributed by atoms with Gasteiger partial charge in [0.15, 0.2) is 0 Å². The van der Waals surface area contributed by atoms with Crippen LogP contribution in [0.2, 0.25) is 0 Å². The molecule has 1 aliphatic rings. The molecule has 2 heteroatoms. The number of hydrogen-bond donors (Lipinski definition) is 1. The van der Waals surface area contributed by atoms with Gasteiger partial charge in [-0.25, -0.2) is 0 Å². The third-order valence-corrected chi connectivity index (χ3v) is 1.85. The molecule has 0 amide bonds. The summed E-state index contributed by atoms with van der Waals surface area (Å²) in [7, 11) is 0. The average molecular weight is 142 g/mol. The van der Waals surface area contributed by atoms with Crippen LogP contribution in [0, 0.1) is 5.92 Å². The molecule has 0 aromatic rings. The first-order valence-corrected chi connectivity index (χ1v) is 3.66. The van der Waals surface area contributed by atoms with E-state index in [1.54, 1.807) is 0 Å². The number of rotatable bonds is 2. The molecule has 0 radical (unpaired) electrons. The Labute approximate surface area is 61.5 Å². The van der Waals surface area contributed by atoms with Gasteiger partial charge in [-0.2, -0.15) is 0 Å². The molecule has 0 saturated carbocycles. The fourth-order valence-electron chi connectivity index (χ4n) is 1.21. The van der Waals surface area contributed by atoms with Gasteiger partial charge in [0, 0.05) is 6.61 Å². The average Bonchev–Trinajstić information content (AvgIpc) is 2.34. The summed E-state index contributed by atoms with van der Waals surface area (Å²) < 4.78 is 5.30. The molecular weight excluding hydrogens is 128 g/mol. The van der Waals surface area contributed by atoms with Crippen LogP contribution in [-0.4, -0.2) is 23.9 Å². The molecule has 0 aromatic heterocycles. The van der Waals surface area contributed by atoms with E-state index < -0.39 is 6.10 Å². The van der Waals surface area contributed by atoms with Gasteiger partial charge in [-0.3, -0.25) is 0 Å². The summed E-state index contributed by atoms with van der Waals surface area (Å²) in [6.45, 7) is 6.39. The van der Waals surface area contributed by atoms with Gasteiger partial charge in [-0.05, 0) is 12.3 Å². The lowest BCUT2D eigenvalue weighted by atomic mass is 10.0. The van der Waals surface area contributed by atoms with Crippen LogP contribution >= 0.6 is 0 Å². The van der Waals surface area contributed by atoms with E-state index >= 15 is 0 Å². The monoisotopic (exact) mass is 142 g/mol. The highest BCUT2D eigenvalue weighted by atomic mass is 16.5. The van der Waals surface area contributed by atoms with E-state index in [0.717, 1.165) is 13.0 Å². The maximum absolute atomic E-state index is 9.23. The van der Waals surface area contributed by atoms with Crippen molar-refractivity contribution in [3.63, 3.8) is 0 Å². The van der Waals surface area contributed by atoms with Crippen LogP contribution in [0.25, 0.3) is 0 Å². The standard InChI is InChI=1S/C8H14O2/c1-3-7(9)8-4-6(2)5-10-8/h3,6-9H,1,4-5H2,2H3. The first-order chi connectivity index (χ1) is 4.74. The molecule has 1 aliphatic heterocycles. The third-order valence-electron chi connectivity index (χ3n) is 1.85. The topological polar surface area (TPSA) is 29.5 Å². The summed E-state index contributed by atoms with van der Waals surface area (Å²) >= 11 is 0. The van der Waals surface area contributed by atoms with Crippen LogP contribution in [0.15, 0.2) is 12.7 Å². The quantitative estimate of drug-likeness (QED) is 0.582. The normalized spacial score (nSPS) is 35.8. The van der Waals surface area contributed by atoms with E-state index in [9.17, 15) is 5.11 Å². The van der Waals surface area contributed by atoms with Crippen LogP contribution in [0.1, 0.15) is 13.3 Å². The lowest BCUT2D eigenvalue weighted by molar-refractivity contribution is 0.0221. The largest absolute Gasteiger partial charge is 0.386 e. The zero-order chi connectivity index (χ0) is 7.56. The molecule has 1 heterocycles. The third kappa shape index (κ3) is 1.58. The van der Waals surface area contributed by atoms with Crippen molar-refractivity contribution >= 4 is 0 Å². The Morgan fingerprint density at radius 2 is 2.50 bits per heavy atom. The first-order valence-electron chi connectivity index (χ1n) is 3.66. The molecule has 1 N–H and O–H groups in total. The molecular formula is C8H14O2. The molecule has 1 saturated heterocycles. The summed E-state index contributed by atoms with van der Waals surface area (Å²) in [5, 5.41) is 9.23. The highest BCUT2D eigenvalue weighted by Crippen LogP contribution is 2.21. The Balaban J connectivity index is 2.36. The molecule has 0 spiro atoms. The van der Waals surface area contributed by atoms with Crippen molar-refractivity contribution in [1.29, 1.82) is 0 Å². The summed E-state index contributed by atoms with van der Waals surface area (Å²) in [6.07, 6.45) is 1.99. The number of hydrogen-bond acceptors (Lipinski definition) is 2. The van der Waals surface area contributed by atoms with Gasteiger partial charge >= 0.3 is 0 Å². The van der Waals surface area contributed by atoms with Crippen LogP contribution in [0.4, 0.5) is 0 Å². The van der Waals surface area contributed by atoms with Gasteiger partial charge in [0.1, 0.15) is 0 Å². The number of aliphatic hydroxyl groups is 1. The van der Waals surface area contributed by atoms with Crippen molar-refractivity contribution < 1.29 is 9.84 Å².